The molecule has 0 saturated carbocycles. The molecule has 0 aliphatic carbocycles. The number of nitrogens with two attached hydrogens (primary N) is 1. The lowest BCUT2D eigenvalue weighted by molar-refractivity contribution is 0.475. The summed E-state index contributed by atoms with van der Waals surface area (Å²) < 4.78 is 22.2. The van der Waals surface area contributed by atoms with E-state index < -0.39 is 10.0 Å². The van der Waals surface area contributed by atoms with Gasteiger partial charge in [-0.1, -0.05) is 24.3 Å². The molecule has 0 amide bonds. The van der Waals surface area contributed by atoms with Crippen molar-refractivity contribution in [3.63, 3.8) is 0 Å². The molecule has 4 nitrogen and oxygen atoms in total. The summed E-state index contributed by atoms with van der Waals surface area (Å²) in [7, 11) is -3.63. The molecule has 0 radical (unpaired) electrons. The summed E-state index contributed by atoms with van der Waals surface area (Å²) >= 11 is 0. The maximum absolute atomic E-state index is 11.1. The maximum atomic E-state index is 11.1. The van der Waals surface area contributed by atoms with Crippen molar-refractivity contribution < 1.29 is 13.5 Å². The van der Waals surface area contributed by atoms with E-state index >= 15 is 0 Å². The summed E-state index contributed by atoms with van der Waals surface area (Å²) in [6, 6.07) is 13.3. The lowest BCUT2D eigenvalue weighted by atomic mass is 10.1. The first-order valence-electron chi connectivity index (χ1n) is 5.35. The van der Waals surface area contributed by atoms with Crippen LogP contribution in [0.3, 0.4) is 0 Å². The number of primary sulfonamides is 1. The second-order valence-electron chi connectivity index (χ2n) is 4.03. The van der Waals surface area contributed by atoms with E-state index in [1.54, 1.807) is 24.3 Å². The van der Waals surface area contributed by atoms with Gasteiger partial charge in [0, 0.05) is 0 Å². The predicted molar refractivity (Wildman–Crippen MR) is 68.7 cm³/mol. The van der Waals surface area contributed by atoms with Crippen LogP contribution in [0.4, 0.5) is 0 Å². The third-order valence-electron chi connectivity index (χ3n) is 2.60. The fraction of sp³-hybridized carbons (Fsp3) is 0.0769. The topological polar surface area (TPSA) is 80.4 Å². The molecule has 5 heteroatoms. The molecule has 94 valence electrons. The monoisotopic (exact) mass is 263 g/mol. The van der Waals surface area contributed by atoms with E-state index in [2.05, 4.69) is 0 Å². The zero-order chi connectivity index (χ0) is 13.2. The van der Waals surface area contributed by atoms with E-state index in [1.165, 1.54) is 12.1 Å². The van der Waals surface area contributed by atoms with E-state index in [4.69, 9.17) is 10.2 Å². The van der Waals surface area contributed by atoms with Gasteiger partial charge in [-0.2, -0.15) is 0 Å². The molecule has 2 aromatic rings. The van der Waals surface area contributed by atoms with Gasteiger partial charge in [-0.25, -0.2) is 13.6 Å². The van der Waals surface area contributed by atoms with Crippen LogP contribution in [-0.4, -0.2) is 13.5 Å². The lowest BCUT2D eigenvalue weighted by Gasteiger charge is -2.03. The van der Waals surface area contributed by atoms with Crippen molar-refractivity contribution in [1.29, 1.82) is 0 Å². The highest BCUT2D eigenvalue weighted by Gasteiger charge is 2.06. The van der Waals surface area contributed by atoms with Crippen molar-refractivity contribution in [1.82, 2.24) is 0 Å². The number of phenols is 1. The van der Waals surface area contributed by atoms with Gasteiger partial charge in [0.2, 0.25) is 10.0 Å². The van der Waals surface area contributed by atoms with Gasteiger partial charge in [0.1, 0.15) is 5.75 Å². The average Bonchev–Trinajstić information content (AvgIpc) is 2.32. The smallest absolute Gasteiger partial charge is 0.238 e. The van der Waals surface area contributed by atoms with Crippen LogP contribution >= 0.6 is 0 Å². The Morgan fingerprint density at radius 2 is 1.33 bits per heavy atom. The second-order valence-corrected chi connectivity index (χ2v) is 5.59. The number of sulfonamides is 1. The summed E-state index contributed by atoms with van der Waals surface area (Å²) in [5.41, 5.74) is 2.02. The quantitative estimate of drug-likeness (QED) is 0.883. The molecule has 0 aliphatic rings. The van der Waals surface area contributed by atoms with Gasteiger partial charge in [-0.05, 0) is 41.8 Å². The summed E-state index contributed by atoms with van der Waals surface area (Å²) in [4.78, 5) is 0.108. The highest BCUT2D eigenvalue weighted by molar-refractivity contribution is 7.89. The molecular weight excluding hydrogens is 250 g/mol. The molecular formula is C13H13NO3S. The Kier molecular flexibility index (Phi) is 3.36. The van der Waals surface area contributed by atoms with Crippen molar-refractivity contribution in [3.8, 4) is 5.75 Å². The number of benzene rings is 2. The highest BCUT2D eigenvalue weighted by Crippen LogP contribution is 2.15. The van der Waals surface area contributed by atoms with Crippen LogP contribution in [0.25, 0.3) is 0 Å². The molecule has 3 N–H and O–H groups in total. The maximum Gasteiger partial charge on any atom is 0.238 e. The van der Waals surface area contributed by atoms with Gasteiger partial charge in [0.25, 0.3) is 0 Å². The number of hydrogen-bond donors (Lipinski definition) is 2. The Morgan fingerprint density at radius 3 is 1.78 bits per heavy atom. The van der Waals surface area contributed by atoms with Gasteiger partial charge in [-0.3, -0.25) is 0 Å². The minimum atomic E-state index is -3.63. The van der Waals surface area contributed by atoms with Gasteiger partial charge in [0.05, 0.1) is 4.90 Å². The Morgan fingerprint density at radius 1 is 0.889 bits per heavy atom. The van der Waals surface area contributed by atoms with Crippen LogP contribution in [0, 0.1) is 0 Å². The van der Waals surface area contributed by atoms with Crippen LogP contribution in [0.15, 0.2) is 53.4 Å². The van der Waals surface area contributed by atoms with Gasteiger partial charge in [0.15, 0.2) is 0 Å². The molecule has 0 fully saturated rings. The lowest BCUT2D eigenvalue weighted by Crippen LogP contribution is -2.11. The average molecular weight is 263 g/mol. The van der Waals surface area contributed by atoms with Crippen LogP contribution in [0.5, 0.6) is 5.75 Å². The number of aromatic hydroxyl groups is 1. The first-order valence-corrected chi connectivity index (χ1v) is 6.89. The molecule has 2 aromatic carbocycles. The Balaban J connectivity index is 2.18. The van der Waals surface area contributed by atoms with Crippen molar-refractivity contribution >= 4 is 10.0 Å². The van der Waals surface area contributed by atoms with Crippen molar-refractivity contribution in [2.24, 2.45) is 5.14 Å². The zero-order valence-electron chi connectivity index (χ0n) is 9.58. The number of hydrogen-bond acceptors (Lipinski definition) is 3. The first kappa shape index (κ1) is 12.6. The van der Waals surface area contributed by atoms with Crippen molar-refractivity contribution in [2.45, 2.75) is 11.3 Å². The predicted octanol–water partition coefficient (Wildman–Crippen LogP) is 1.63. The van der Waals surface area contributed by atoms with E-state index in [0.29, 0.717) is 6.42 Å². The third-order valence-corrected chi connectivity index (χ3v) is 3.53. The SMILES string of the molecule is NS(=O)(=O)c1ccc(Cc2ccc(O)cc2)cc1. The Bertz CT molecular complexity index is 631. The van der Waals surface area contributed by atoms with Gasteiger partial charge in [-0.15, -0.1) is 0 Å². The van der Waals surface area contributed by atoms with Crippen LogP contribution in [0.1, 0.15) is 11.1 Å². The molecule has 0 unspecified atom stereocenters. The fourth-order valence-corrected chi connectivity index (χ4v) is 2.16. The summed E-state index contributed by atoms with van der Waals surface area (Å²) in [6.07, 6.45) is 0.672. The van der Waals surface area contributed by atoms with Crippen molar-refractivity contribution in [3.05, 3.63) is 59.7 Å². The first-order chi connectivity index (χ1) is 8.45. The Labute approximate surface area is 106 Å². The minimum absolute atomic E-state index is 0.108. The zero-order valence-corrected chi connectivity index (χ0v) is 10.4. The largest absolute Gasteiger partial charge is 0.508 e. The molecule has 18 heavy (non-hydrogen) atoms. The standard InChI is InChI=1S/C13H13NO3S/c14-18(16,17)13-7-3-11(4-8-13)9-10-1-5-12(15)6-2-10/h1-8,15H,9H2,(H2,14,16,17). The normalized spacial score (nSPS) is 11.4. The van der Waals surface area contributed by atoms with E-state index in [-0.39, 0.29) is 10.6 Å². The number of phenolic OH excluding ortho intramolecular Hbond substituents is 1. The van der Waals surface area contributed by atoms with E-state index in [9.17, 15) is 8.42 Å². The minimum Gasteiger partial charge on any atom is -0.508 e. The second kappa shape index (κ2) is 4.80. The van der Waals surface area contributed by atoms with E-state index in [1.807, 2.05) is 12.1 Å². The molecule has 0 atom stereocenters. The van der Waals surface area contributed by atoms with Crippen molar-refractivity contribution in [2.75, 3.05) is 0 Å². The molecule has 2 rings (SSSR count). The van der Waals surface area contributed by atoms with Crippen LogP contribution < -0.4 is 5.14 Å². The molecule has 0 aliphatic heterocycles. The van der Waals surface area contributed by atoms with Crippen LogP contribution in [0.2, 0.25) is 0 Å². The molecule has 0 saturated heterocycles. The highest BCUT2D eigenvalue weighted by atomic mass is 32.2. The van der Waals surface area contributed by atoms with Gasteiger partial charge < -0.3 is 5.11 Å². The molecule has 0 aromatic heterocycles. The third kappa shape index (κ3) is 3.09. The Hall–Kier alpha value is -1.85. The summed E-state index contributed by atoms with van der Waals surface area (Å²) in [5, 5.41) is 14.2. The van der Waals surface area contributed by atoms with Crippen LogP contribution in [-0.2, 0) is 16.4 Å². The molecule has 0 bridgehead atoms. The molecule has 0 spiro atoms. The van der Waals surface area contributed by atoms with Gasteiger partial charge >= 0.3 is 0 Å². The summed E-state index contributed by atoms with van der Waals surface area (Å²) in [5.74, 6) is 0.225. The molecule has 0 heterocycles. The number of rotatable bonds is 3. The van der Waals surface area contributed by atoms with E-state index in [0.717, 1.165) is 11.1 Å². The summed E-state index contributed by atoms with van der Waals surface area (Å²) in [6.45, 7) is 0. The fourth-order valence-electron chi connectivity index (χ4n) is 1.65.